The molecule has 0 spiro atoms. The Hall–Kier alpha value is -2.86. The van der Waals surface area contributed by atoms with Gasteiger partial charge in [-0.25, -0.2) is 0 Å². The van der Waals surface area contributed by atoms with E-state index in [1.165, 1.54) is 0 Å². The number of halogens is 1. The molecule has 0 saturated carbocycles. The number of amides is 2. The first-order valence-corrected chi connectivity index (χ1v) is 8.46. The van der Waals surface area contributed by atoms with Gasteiger partial charge in [-0.3, -0.25) is 14.4 Å². The molecular formula is C19H19ClN2O4. The van der Waals surface area contributed by atoms with Crippen molar-refractivity contribution in [1.82, 2.24) is 0 Å². The molecule has 0 fully saturated rings. The molecule has 2 N–H and O–H groups in total. The lowest BCUT2D eigenvalue weighted by Gasteiger charge is -2.07. The maximum atomic E-state index is 11.8. The molecule has 0 heterocycles. The van der Waals surface area contributed by atoms with E-state index >= 15 is 0 Å². The van der Waals surface area contributed by atoms with Crippen LogP contribution in [-0.4, -0.2) is 24.4 Å². The van der Waals surface area contributed by atoms with Crippen LogP contribution >= 0.6 is 11.6 Å². The smallest absolute Gasteiger partial charge is 0.306 e. The van der Waals surface area contributed by atoms with Crippen molar-refractivity contribution in [2.45, 2.75) is 19.3 Å². The van der Waals surface area contributed by atoms with E-state index in [-0.39, 0.29) is 25.4 Å². The molecule has 0 aliphatic rings. The number of carbonyl (C=O) groups is 3. The van der Waals surface area contributed by atoms with Crippen LogP contribution in [0.25, 0.3) is 0 Å². The first-order valence-electron chi connectivity index (χ1n) is 8.09. The minimum atomic E-state index is -0.521. The van der Waals surface area contributed by atoms with Gasteiger partial charge in [-0.2, -0.15) is 0 Å². The van der Waals surface area contributed by atoms with Crippen LogP contribution < -0.4 is 10.6 Å². The lowest BCUT2D eigenvalue weighted by molar-refractivity contribution is -0.147. The van der Waals surface area contributed by atoms with Gasteiger partial charge in [0, 0.05) is 29.2 Å². The highest BCUT2D eigenvalue weighted by molar-refractivity contribution is 6.30. The number of hydrogen-bond donors (Lipinski definition) is 2. The molecule has 2 amide bonds. The molecule has 0 saturated heterocycles. The minimum Gasteiger partial charge on any atom is -0.456 e. The number of ether oxygens (including phenoxy) is 1. The molecule has 0 atom stereocenters. The highest BCUT2D eigenvalue weighted by Crippen LogP contribution is 2.14. The van der Waals surface area contributed by atoms with Crippen LogP contribution in [-0.2, 0) is 19.1 Å². The molecule has 0 aliphatic heterocycles. The molecule has 0 radical (unpaired) electrons. The predicted molar refractivity (Wildman–Crippen MR) is 100.0 cm³/mol. The fraction of sp³-hybridized carbons (Fsp3) is 0.211. The topological polar surface area (TPSA) is 84.5 Å². The second kappa shape index (κ2) is 10.2. The third kappa shape index (κ3) is 7.36. The zero-order valence-corrected chi connectivity index (χ0v) is 14.8. The minimum absolute atomic E-state index is 0.0622. The van der Waals surface area contributed by atoms with Gasteiger partial charge >= 0.3 is 5.97 Å². The highest BCUT2D eigenvalue weighted by Gasteiger charge is 2.09. The number of esters is 1. The third-order valence-electron chi connectivity index (χ3n) is 3.33. The van der Waals surface area contributed by atoms with Gasteiger partial charge in [0.25, 0.3) is 5.91 Å². The summed E-state index contributed by atoms with van der Waals surface area (Å²) < 4.78 is 4.89. The highest BCUT2D eigenvalue weighted by atomic mass is 35.5. The van der Waals surface area contributed by atoms with E-state index in [4.69, 9.17) is 16.3 Å². The van der Waals surface area contributed by atoms with Crippen molar-refractivity contribution in [2.24, 2.45) is 0 Å². The number of carbonyl (C=O) groups excluding carboxylic acids is 3. The van der Waals surface area contributed by atoms with E-state index in [1.807, 2.05) is 6.07 Å². The van der Waals surface area contributed by atoms with Crippen LogP contribution in [0.5, 0.6) is 0 Å². The van der Waals surface area contributed by atoms with E-state index in [0.29, 0.717) is 22.8 Å². The SMILES string of the molecule is O=C(CCCC(=O)OCC(=O)Nc1ccccc1)Nc1ccc(Cl)cc1. The lowest BCUT2D eigenvalue weighted by atomic mass is 10.2. The number of rotatable bonds is 8. The largest absolute Gasteiger partial charge is 0.456 e. The van der Waals surface area contributed by atoms with Crippen LogP contribution in [0.1, 0.15) is 19.3 Å². The van der Waals surface area contributed by atoms with E-state index in [0.717, 1.165) is 0 Å². The number of nitrogens with one attached hydrogen (secondary N) is 2. The van der Waals surface area contributed by atoms with Crippen LogP contribution in [0.3, 0.4) is 0 Å². The van der Waals surface area contributed by atoms with Crippen molar-refractivity contribution in [3.05, 3.63) is 59.6 Å². The molecule has 26 heavy (non-hydrogen) atoms. The number of anilines is 2. The molecule has 0 bridgehead atoms. The fourth-order valence-corrected chi connectivity index (χ4v) is 2.21. The Labute approximate surface area is 156 Å². The van der Waals surface area contributed by atoms with Crippen LogP contribution in [0.2, 0.25) is 5.02 Å². The number of hydrogen-bond acceptors (Lipinski definition) is 4. The normalized spacial score (nSPS) is 10.0. The maximum Gasteiger partial charge on any atom is 0.306 e. The van der Waals surface area contributed by atoms with Crippen LogP contribution in [0, 0.1) is 0 Å². The summed E-state index contributed by atoms with van der Waals surface area (Å²) in [5.41, 5.74) is 1.27. The van der Waals surface area contributed by atoms with Gasteiger partial charge in [-0.15, -0.1) is 0 Å². The zero-order chi connectivity index (χ0) is 18.8. The molecule has 0 aliphatic carbocycles. The van der Waals surface area contributed by atoms with Gasteiger partial charge in [-0.05, 0) is 42.8 Å². The number of benzene rings is 2. The standard InChI is InChI=1S/C19H19ClN2O4/c20-14-9-11-16(12-10-14)21-17(23)7-4-8-19(25)26-13-18(24)22-15-5-2-1-3-6-15/h1-3,5-6,9-12H,4,7-8,13H2,(H,21,23)(H,22,24). The van der Waals surface area contributed by atoms with Crippen molar-refractivity contribution >= 4 is 40.8 Å². The summed E-state index contributed by atoms with van der Waals surface area (Å²) in [7, 11) is 0. The Morgan fingerprint density at radius 1 is 0.808 bits per heavy atom. The first kappa shape index (κ1) is 19.5. The van der Waals surface area contributed by atoms with Gasteiger partial charge in [0.1, 0.15) is 0 Å². The summed E-state index contributed by atoms with van der Waals surface area (Å²) in [5, 5.41) is 5.90. The third-order valence-corrected chi connectivity index (χ3v) is 3.59. The van der Waals surface area contributed by atoms with Gasteiger partial charge in [0.15, 0.2) is 6.61 Å². The Kier molecular flexibility index (Phi) is 7.64. The summed E-state index contributed by atoms with van der Waals surface area (Å²) in [6.07, 6.45) is 0.569. The first-order chi connectivity index (χ1) is 12.5. The monoisotopic (exact) mass is 374 g/mol. The van der Waals surface area contributed by atoms with Crippen molar-refractivity contribution in [2.75, 3.05) is 17.2 Å². The van der Waals surface area contributed by atoms with Crippen molar-refractivity contribution in [3.63, 3.8) is 0 Å². The molecule has 7 heteroatoms. The van der Waals surface area contributed by atoms with Crippen molar-refractivity contribution in [3.8, 4) is 0 Å². The fourth-order valence-electron chi connectivity index (χ4n) is 2.09. The molecule has 2 aromatic carbocycles. The van der Waals surface area contributed by atoms with Gasteiger partial charge < -0.3 is 15.4 Å². The summed E-state index contributed by atoms with van der Waals surface area (Å²) >= 11 is 5.77. The molecule has 0 unspecified atom stereocenters. The van der Waals surface area contributed by atoms with E-state index in [2.05, 4.69) is 10.6 Å². The van der Waals surface area contributed by atoms with E-state index in [1.54, 1.807) is 48.5 Å². The van der Waals surface area contributed by atoms with Gasteiger partial charge in [0.2, 0.25) is 5.91 Å². The summed E-state index contributed by atoms with van der Waals surface area (Å²) in [6, 6.07) is 15.6. The second-order valence-electron chi connectivity index (χ2n) is 5.48. The number of para-hydroxylation sites is 1. The summed E-state index contributed by atoms with van der Waals surface area (Å²) in [5.74, 6) is -1.14. The Morgan fingerprint density at radius 2 is 1.42 bits per heavy atom. The van der Waals surface area contributed by atoms with Crippen molar-refractivity contribution in [1.29, 1.82) is 0 Å². The molecule has 2 aromatic rings. The van der Waals surface area contributed by atoms with Crippen molar-refractivity contribution < 1.29 is 19.1 Å². The quantitative estimate of drug-likeness (QED) is 0.691. The zero-order valence-electron chi connectivity index (χ0n) is 14.0. The Morgan fingerprint density at radius 3 is 2.12 bits per heavy atom. The molecule has 0 aromatic heterocycles. The average molecular weight is 375 g/mol. The lowest BCUT2D eigenvalue weighted by Crippen LogP contribution is -2.21. The van der Waals surface area contributed by atoms with E-state index < -0.39 is 11.9 Å². The summed E-state index contributed by atoms with van der Waals surface area (Å²) in [6.45, 7) is -0.356. The van der Waals surface area contributed by atoms with E-state index in [9.17, 15) is 14.4 Å². The van der Waals surface area contributed by atoms with Crippen LogP contribution in [0.15, 0.2) is 54.6 Å². The second-order valence-corrected chi connectivity index (χ2v) is 5.92. The summed E-state index contributed by atoms with van der Waals surface area (Å²) in [4.78, 5) is 35.1. The van der Waals surface area contributed by atoms with Gasteiger partial charge in [-0.1, -0.05) is 29.8 Å². The maximum absolute atomic E-state index is 11.8. The molecule has 6 nitrogen and oxygen atoms in total. The molecular weight excluding hydrogens is 356 g/mol. The van der Waals surface area contributed by atoms with Gasteiger partial charge in [0.05, 0.1) is 0 Å². The Bertz CT molecular complexity index is 748. The average Bonchev–Trinajstić information content (AvgIpc) is 2.63. The predicted octanol–water partition coefficient (Wildman–Crippen LogP) is 3.63. The Balaban J connectivity index is 1.60. The molecule has 136 valence electrons. The van der Waals surface area contributed by atoms with Crippen LogP contribution in [0.4, 0.5) is 11.4 Å². The molecule has 2 rings (SSSR count).